The molecule has 72 valence electrons. The van der Waals surface area contributed by atoms with E-state index in [2.05, 4.69) is 19.1 Å². The number of aryl methyl sites for hydroxylation is 1. The first-order chi connectivity index (χ1) is 6.27. The molecule has 1 aliphatic rings. The molecule has 1 fully saturated rings. The van der Waals surface area contributed by atoms with Crippen LogP contribution in [0.1, 0.15) is 35.4 Å². The summed E-state index contributed by atoms with van der Waals surface area (Å²) in [6.07, 6.45) is 5.26. The molecule has 1 aliphatic carbocycles. The van der Waals surface area contributed by atoms with Crippen LogP contribution in [0.25, 0.3) is 0 Å². The summed E-state index contributed by atoms with van der Waals surface area (Å²) in [5.41, 5.74) is 6.15. The number of nitrogens with two attached hydrogens (primary N) is 1. The maximum atomic E-state index is 5.67. The van der Waals surface area contributed by atoms with Crippen LogP contribution in [0.3, 0.4) is 0 Å². The Balaban J connectivity index is 2.21. The van der Waals surface area contributed by atoms with Gasteiger partial charge in [0.2, 0.25) is 0 Å². The van der Waals surface area contributed by atoms with Crippen LogP contribution >= 0.6 is 11.3 Å². The molecule has 2 rings (SSSR count). The van der Waals surface area contributed by atoms with Crippen molar-refractivity contribution in [2.75, 3.05) is 6.54 Å². The summed E-state index contributed by atoms with van der Waals surface area (Å²) in [4.78, 5) is 3.00. The number of rotatable bonds is 3. The predicted molar refractivity (Wildman–Crippen MR) is 58.3 cm³/mol. The summed E-state index contributed by atoms with van der Waals surface area (Å²) < 4.78 is 0. The van der Waals surface area contributed by atoms with Crippen molar-refractivity contribution < 1.29 is 0 Å². The van der Waals surface area contributed by atoms with Crippen LogP contribution in [0.5, 0.6) is 0 Å². The lowest BCUT2D eigenvalue weighted by atomic mass is 9.66. The molecule has 0 amide bonds. The molecule has 0 unspecified atom stereocenters. The Morgan fingerprint density at radius 1 is 1.46 bits per heavy atom. The van der Waals surface area contributed by atoms with Gasteiger partial charge in [-0.1, -0.05) is 6.42 Å². The van der Waals surface area contributed by atoms with E-state index in [4.69, 9.17) is 5.73 Å². The van der Waals surface area contributed by atoms with E-state index in [9.17, 15) is 0 Å². The predicted octanol–water partition coefficient (Wildman–Crippen LogP) is 2.83. The monoisotopic (exact) mass is 195 g/mol. The molecule has 1 saturated carbocycles. The molecule has 2 heteroatoms. The smallest absolute Gasteiger partial charge is 0.0110 e. The zero-order valence-electron chi connectivity index (χ0n) is 8.18. The van der Waals surface area contributed by atoms with Gasteiger partial charge in [0, 0.05) is 15.2 Å². The fraction of sp³-hybridized carbons (Fsp3) is 0.636. The topological polar surface area (TPSA) is 26.0 Å². The first kappa shape index (κ1) is 9.22. The van der Waals surface area contributed by atoms with E-state index >= 15 is 0 Å². The lowest BCUT2D eigenvalue weighted by Gasteiger charge is -2.41. The molecule has 1 nitrogen and oxygen atoms in total. The highest BCUT2D eigenvalue weighted by Crippen LogP contribution is 2.48. The third kappa shape index (κ3) is 1.53. The number of thiophene rings is 1. The van der Waals surface area contributed by atoms with E-state index in [1.807, 2.05) is 11.3 Å². The van der Waals surface area contributed by atoms with Crippen LogP contribution in [0.15, 0.2) is 12.1 Å². The maximum Gasteiger partial charge on any atom is 0.0110 e. The minimum absolute atomic E-state index is 0.480. The normalized spacial score (nSPS) is 19.8. The van der Waals surface area contributed by atoms with Crippen LogP contribution in [0.4, 0.5) is 0 Å². The van der Waals surface area contributed by atoms with Gasteiger partial charge in [-0.3, -0.25) is 0 Å². The largest absolute Gasteiger partial charge is 0.330 e. The van der Waals surface area contributed by atoms with Crippen LogP contribution in [-0.4, -0.2) is 6.54 Å². The summed E-state index contributed by atoms with van der Waals surface area (Å²) in [5, 5.41) is 0. The molecule has 0 aliphatic heterocycles. The summed E-state index contributed by atoms with van der Waals surface area (Å²) in [6.45, 7) is 3.01. The third-order valence-electron chi connectivity index (χ3n) is 3.20. The SMILES string of the molecule is Cc1ccc(C2(CCN)CCC2)s1. The molecule has 0 atom stereocenters. The average molecular weight is 195 g/mol. The lowest BCUT2D eigenvalue weighted by molar-refractivity contribution is 0.235. The van der Waals surface area contributed by atoms with Gasteiger partial charge in [-0.05, 0) is 44.9 Å². The van der Waals surface area contributed by atoms with E-state index in [0.29, 0.717) is 5.41 Å². The second kappa shape index (κ2) is 3.43. The molecular formula is C11H17NS. The van der Waals surface area contributed by atoms with Gasteiger partial charge in [-0.15, -0.1) is 11.3 Å². The van der Waals surface area contributed by atoms with Crippen molar-refractivity contribution in [3.05, 3.63) is 21.9 Å². The van der Waals surface area contributed by atoms with Gasteiger partial charge in [-0.2, -0.15) is 0 Å². The second-order valence-electron chi connectivity index (χ2n) is 4.08. The Bertz CT molecular complexity index is 286. The van der Waals surface area contributed by atoms with Crippen LogP contribution in [0, 0.1) is 6.92 Å². The Labute approximate surface area is 84.0 Å². The van der Waals surface area contributed by atoms with E-state index in [0.717, 1.165) is 6.54 Å². The third-order valence-corrected chi connectivity index (χ3v) is 4.44. The molecule has 1 aromatic rings. The van der Waals surface area contributed by atoms with Crippen molar-refractivity contribution in [3.63, 3.8) is 0 Å². The molecule has 1 heterocycles. The minimum atomic E-state index is 0.480. The first-order valence-corrected chi connectivity index (χ1v) is 5.85. The van der Waals surface area contributed by atoms with Crippen molar-refractivity contribution >= 4 is 11.3 Å². The van der Waals surface area contributed by atoms with Crippen molar-refractivity contribution in [1.82, 2.24) is 0 Å². The number of hydrogen-bond acceptors (Lipinski definition) is 2. The zero-order valence-corrected chi connectivity index (χ0v) is 8.99. The van der Waals surface area contributed by atoms with Crippen molar-refractivity contribution in [2.24, 2.45) is 5.73 Å². The summed E-state index contributed by atoms with van der Waals surface area (Å²) in [6, 6.07) is 4.53. The van der Waals surface area contributed by atoms with Crippen molar-refractivity contribution in [3.8, 4) is 0 Å². The Morgan fingerprint density at radius 2 is 2.23 bits per heavy atom. The molecule has 1 aromatic heterocycles. The van der Waals surface area contributed by atoms with Crippen LogP contribution in [0.2, 0.25) is 0 Å². The molecule has 0 saturated heterocycles. The van der Waals surface area contributed by atoms with E-state index in [1.165, 1.54) is 30.6 Å². The molecule has 0 aromatic carbocycles. The van der Waals surface area contributed by atoms with Gasteiger partial charge >= 0.3 is 0 Å². The van der Waals surface area contributed by atoms with Gasteiger partial charge in [0.25, 0.3) is 0 Å². The summed E-state index contributed by atoms with van der Waals surface area (Å²) in [7, 11) is 0. The van der Waals surface area contributed by atoms with Crippen LogP contribution in [-0.2, 0) is 5.41 Å². The quantitative estimate of drug-likeness (QED) is 0.788. The van der Waals surface area contributed by atoms with Gasteiger partial charge in [-0.25, -0.2) is 0 Å². The van der Waals surface area contributed by atoms with Crippen molar-refractivity contribution in [1.29, 1.82) is 0 Å². The Kier molecular flexibility index (Phi) is 2.43. The fourth-order valence-electron chi connectivity index (χ4n) is 2.22. The highest BCUT2D eigenvalue weighted by molar-refractivity contribution is 7.12. The molecule has 0 spiro atoms. The zero-order chi connectivity index (χ0) is 9.31. The van der Waals surface area contributed by atoms with Crippen molar-refractivity contribution in [2.45, 2.75) is 38.0 Å². The number of hydrogen-bond donors (Lipinski definition) is 1. The van der Waals surface area contributed by atoms with Gasteiger partial charge in [0.1, 0.15) is 0 Å². The molecule has 0 bridgehead atoms. The highest BCUT2D eigenvalue weighted by Gasteiger charge is 2.38. The van der Waals surface area contributed by atoms with Gasteiger partial charge in [0.15, 0.2) is 0 Å². The summed E-state index contributed by atoms with van der Waals surface area (Å²) >= 11 is 1.95. The van der Waals surface area contributed by atoms with Crippen LogP contribution < -0.4 is 5.73 Å². The molecule has 2 N–H and O–H groups in total. The highest BCUT2D eigenvalue weighted by atomic mass is 32.1. The fourth-order valence-corrected chi connectivity index (χ4v) is 3.36. The van der Waals surface area contributed by atoms with Gasteiger partial charge in [0.05, 0.1) is 0 Å². The standard InChI is InChI=1S/C11H17NS/c1-9-3-4-10(13-9)11(7-8-12)5-2-6-11/h3-4H,2,5-8,12H2,1H3. The Morgan fingerprint density at radius 3 is 2.62 bits per heavy atom. The molecular weight excluding hydrogens is 178 g/mol. The van der Waals surface area contributed by atoms with E-state index in [-0.39, 0.29) is 0 Å². The maximum absolute atomic E-state index is 5.67. The van der Waals surface area contributed by atoms with E-state index < -0.39 is 0 Å². The average Bonchev–Trinajstić information content (AvgIpc) is 2.44. The van der Waals surface area contributed by atoms with E-state index in [1.54, 1.807) is 4.88 Å². The summed E-state index contributed by atoms with van der Waals surface area (Å²) in [5.74, 6) is 0. The minimum Gasteiger partial charge on any atom is -0.330 e. The second-order valence-corrected chi connectivity index (χ2v) is 5.37. The Hall–Kier alpha value is -0.340. The first-order valence-electron chi connectivity index (χ1n) is 5.04. The van der Waals surface area contributed by atoms with Gasteiger partial charge < -0.3 is 5.73 Å². The molecule has 13 heavy (non-hydrogen) atoms. The lowest BCUT2D eigenvalue weighted by Crippen LogP contribution is -2.35. The molecule has 0 radical (unpaired) electrons.